The quantitative estimate of drug-likeness (QED) is 0.886. The number of hydrogen-bond acceptors (Lipinski definition) is 3. The highest BCUT2D eigenvalue weighted by Crippen LogP contribution is 2.25. The van der Waals surface area contributed by atoms with Crippen LogP contribution in [0.15, 0.2) is 22.7 Å². The highest BCUT2D eigenvalue weighted by Gasteiger charge is 2.25. The molecule has 0 spiro atoms. The maximum Gasteiger partial charge on any atom is 0.0731 e. The molecule has 0 amide bonds. The van der Waals surface area contributed by atoms with E-state index in [1.54, 1.807) is 0 Å². The molecule has 1 aromatic carbocycles. The molecule has 0 aromatic heterocycles. The van der Waals surface area contributed by atoms with Crippen LogP contribution in [0.1, 0.15) is 37.8 Å². The summed E-state index contributed by atoms with van der Waals surface area (Å²) in [4.78, 5) is 0. The van der Waals surface area contributed by atoms with Crippen LogP contribution in [0.3, 0.4) is 0 Å². The lowest BCUT2D eigenvalue weighted by Gasteiger charge is -2.32. The molecule has 1 aliphatic rings. The minimum absolute atomic E-state index is 0.296. The third-order valence-corrected chi connectivity index (χ3v) is 4.37. The van der Waals surface area contributed by atoms with Crippen LogP contribution in [0.4, 0.5) is 0 Å². The van der Waals surface area contributed by atoms with Crippen LogP contribution in [0.5, 0.6) is 0 Å². The second-order valence-corrected chi connectivity index (χ2v) is 6.47. The second kappa shape index (κ2) is 7.55. The summed E-state index contributed by atoms with van der Waals surface area (Å²) in [7, 11) is 1.96. The maximum atomic E-state index is 6.06. The van der Waals surface area contributed by atoms with Gasteiger partial charge >= 0.3 is 0 Å². The van der Waals surface area contributed by atoms with Gasteiger partial charge in [0.2, 0.25) is 0 Å². The SMILES string of the molecule is CNCc1ccc(COC2CC(C)OC(C)C2)c(Br)c1. The monoisotopic (exact) mass is 341 g/mol. The standard InChI is InChI=1S/C16H24BrNO2/c1-11-6-15(7-12(2)20-11)19-10-14-5-4-13(9-18-3)8-16(14)17/h4-5,8,11-12,15,18H,6-7,9-10H2,1-3H3. The van der Waals surface area contributed by atoms with Crippen LogP contribution in [0.2, 0.25) is 0 Å². The van der Waals surface area contributed by atoms with Gasteiger partial charge in [0, 0.05) is 11.0 Å². The van der Waals surface area contributed by atoms with Crippen molar-refractivity contribution < 1.29 is 9.47 Å². The van der Waals surface area contributed by atoms with Gasteiger partial charge in [0.25, 0.3) is 0 Å². The van der Waals surface area contributed by atoms with E-state index in [-0.39, 0.29) is 0 Å². The summed E-state index contributed by atoms with van der Waals surface area (Å²) >= 11 is 3.63. The minimum Gasteiger partial charge on any atom is -0.375 e. The van der Waals surface area contributed by atoms with Crippen LogP contribution >= 0.6 is 15.9 Å². The first kappa shape index (κ1) is 16.0. The Morgan fingerprint density at radius 3 is 2.60 bits per heavy atom. The molecule has 0 aliphatic carbocycles. The lowest BCUT2D eigenvalue weighted by Crippen LogP contribution is -2.34. The van der Waals surface area contributed by atoms with Gasteiger partial charge in [-0.1, -0.05) is 28.1 Å². The van der Waals surface area contributed by atoms with Crippen LogP contribution < -0.4 is 5.32 Å². The van der Waals surface area contributed by atoms with Gasteiger partial charge in [-0.05, 0) is 50.9 Å². The molecular weight excluding hydrogens is 318 g/mol. The zero-order valence-corrected chi connectivity index (χ0v) is 14.1. The predicted octanol–water partition coefficient (Wildman–Crippen LogP) is 3.64. The molecule has 2 atom stereocenters. The molecule has 1 heterocycles. The van der Waals surface area contributed by atoms with Crippen molar-refractivity contribution >= 4 is 15.9 Å². The van der Waals surface area contributed by atoms with Gasteiger partial charge in [-0.15, -0.1) is 0 Å². The summed E-state index contributed by atoms with van der Waals surface area (Å²) in [5.74, 6) is 0. The van der Waals surface area contributed by atoms with Crippen molar-refractivity contribution in [3.05, 3.63) is 33.8 Å². The number of nitrogens with one attached hydrogen (secondary N) is 1. The average molecular weight is 342 g/mol. The van der Waals surface area contributed by atoms with Crippen molar-refractivity contribution in [1.29, 1.82) is 0 Å². The van der Waals surface area contributed by atoms with E-state index in [0.29, 0.717) is 24.9 Å². The van der Waals surface area contributed by atoms with Crippen LogP contribution in [-0.2, 0) is 22.6 Å². The number of halogens is 1. The van der Waals surface area contributed by atoms with Crippen molar-refractivity contribution in [1.82, 2.24) is 5.32 Å². The molecule has 112 valence electrons. The number of hydrogen-bond donors (Lipinski definition) is 1. The van der Waals surface area contributed by atoms with E-state index in [1.807, 2.05) is 7.05 Å². The van der Waals surface area contributed by atoms with Gasteiger partial charge in [-0.3, -0.25) is 0 Å². The lowest BCUT2D eigenvalue weighted by molar-refractivity contribution is -0.106. The summed E-state index contributed by atoms with van der Waals surface area (Å²) in [6.45, 7) is 5.78. The molecule has 1 aliphatic heterocycles. The second-order valence-electron chi connectivity index (χ2n) is 5.62. The van der Waals surface area contributed by atoms with E-state index in [9.17, 15) is 0 Å². The minimum atomic E-state index is 0.296. The molecule has 1 fully saturated rings. The Kier molecular flexibility index (Phi) is 6.02. The Balaban J connectivity index is 1.90. The summed E-state index contributed by atoms with van der Waals surface area (Å²) < 4.78 is 12.9. The Morgan fingerprint density at radius 2 is 2.00 bits per heavy atom. The first-order valence-corrected chi connectivity index (χ1v) is 8.06. The molecule has 3 nitrogen and oxygen atoms in total. The number of ether oxygens (including phenoxy) is 2. The van der Waals surface area contributed by atoms with Gasteiger partial charge in [-0.25, -0.2) is 0 Å². The third-order valence-electron chi connectivity index (χ3n) is 3.63. The highest BCUT2D eigenvalue weighted by molar-refractivity contribution is 9.10. The van der Waals surface area contributed by atoms with E-state index >= 15 is 0 Å². The summed E-state index contributed by atoms with van der Waals surface area (Å²) in [6, 6.07) is 6.45. The fraction of sp³-hybridized carbons (Fsp3) is 0.625. The molecule has 1 saturated heterocycles. The molecule has 0 radical (unpaired) electrons. The van der Waals surface area contributed by atoms with Crippen molar-refractivity contribution in [3.8, 4) is 0 Å². The average Bonchev–Trinajstić information content (AvgIpc) is 2.37. The topological polar surface area (TPSA) is 30.5 Å². The van der Waals surface area contributed by atoms with E-state index in [4.69, 9.17) is 9.47 Å². The van der Waals surface area contributed by atoms with Gasteiger partial charge in [-0.2, -0.15) is 0 Å². The number of benzene rings is 1. The molecule has 2 unspecified atom stereocenters. The zero-order valence-electron chi connectivity index (χ0n) is 12.5. The van der Waals surface area contributed by atoms with Crippen molar-refractivity contribution in [2.75, 3.05) is 7.05 Å². The van der Waals surface area contributed by atoms with Gasteiger partial charge < -0.3 is 14.8 Å². The van der Waals surface area contributed by atoms with Crippen LogP contribution in [0, 0.1) is 0 Å². The van der Waals surface area contributed by atoms with Crippen molar-refractivity contribution in [3.63, 3.8) is 0 Å². The largest absolute Gasteiger partial charge is 0.375 e. The smallest absolute Gasteiger partial charge is 0.0731 e. The maximum absolute atomic E-state index is 6.06. The van der Waals surface area contributed by atoms with Crippen molar-refractivity contribution in [2.24, 2.45) is 0 Å². The zero-order chi connectivity index (χ0) is 14.5. The van der Waals surface area contributed by atoms with E-state index in [1.165, 1.54) is 11.1 Å². The Morgan fingerprint density at radius 1 is 1.30 bits per heavy atom. The van der Waals surface area contributed by atoms with Crippen LogP contribution in [0.25, 0.3) is 0 Å². The van der Waals surface area contributed by atoms with E-state index in [2.05, 4.69) is 53.3 Å². The van der Waals surface area contributed by atoms with E-state index in [0.717, 1.165) is 23.9 Å². The first-order chi connectivity index (χ1) is 9.58. The molecule has 1 N–H and O–H groups in total. The Bertz CT molecular complexity index is 428. The summed E-state index contributed by atoms with van der Waals surface area (Å²) in [5.41, 5.74) is 2.48. The summed E-state index contributed by atoms with van der Waals surface area (Å²) in [6.07, 6.45) is 2.87. The van der Waals surface area contributed by atoms with Crippen LogP contribution in [-0.4, -0.2) is 25.4 Å². The van der Waals surface area contributed by atoms with Gasteiger partial charge in [0.05, 0.1) is 24.9 Å². The fourth-order valence-corrected chi connectivity index (χ4v) is 3.25. The summed E-state index contributed by atoms with van der Waals surface area (Å²) in [5, 5.41) is 3.16. The normalized spacial score (nSPS) is 26.7. The predicted molar refractivity (Wildman–Crippen MR) is 84.7 cm³/mol. The molecule has 0 bridgehead atoms. The molecule has 20 heavy (non-hydrogen) atoms. The van der Waals surface area contributed by atoms with E-state index < -0.39 is 0 Å². The Labute approximate surface area is 130 Å². The third kappa shape index (κ3) is 4.55. The fourth-order valence-electron chi connectivity index (χ4n) is 2.71. The first-order valence-electron chi connectivity index (χ1n) is 7.27. The highest BCUT2D eigenvalue weighted by atomic mass is 79.9. The molecule has 2 rings (SSSR count). The van der Waals surface area contributed by atoms with Gasteiger partial charge in [0.15, 0.2) is 0 Å². The van der Waals surface area contributed by atoms with Gasteiger partial charge in [0.1, 0.15) is 0 Å². The lowest BCUT2D eigenvalue weighted by atomic mass is 10.0. The molecule has 4 heteroatoms. The number of rotatable bonds is 5. The molecular formula is C16H24BrNO2. The Hall–Kier alpha value is -0.420. The molecule has 1 aromatic rings. The molecule has 0 saturated carbocycles. The van der Waals surface area contributed by atoms with Crippen molar-refractivity contribution in [2.45, 2.75) is 58.2 Å².